The van der Waals surface area contributed by atoms with Crippen molar-refractivity contribution in [1.29, 1.82) is 0 Å². The second kappa shape index (κ2) is 7.98. The van der Waals surface area contributed by atoms with Gasteiger partial charge in [-0.1, -0.05) is 30.3 Å². The summed E-state index contributed by atoms with van der Waals surface area (Å²) < 4.78 is 24.9. The topological polar surface area (TPSA) is 72.3 Å². The molecule has 0 fully saturated rings. The molecule has 1 aromatic heterocycles. The van der Waals surface area contributed by atoms with Gasteiger partial charge in [-0.15, -0.1) is 0 Å². The molecule has 1 amide bonds. The minimum atomic E-state index is -3.23. The van der Waals surface area contributed by atoms with E-state index in [2.05, 4.69) is 5.10 Å². The number of amides is 1. The van der Waals surface area contributed by atoms with Crippen molar-refractivity contribution in [1.82, 2.24) is 14.7 Å². The van der Waals surface area contributed by atoms with Crippen molar-refractivity contribution in [2.75, 3.05) is 13.3 Å². The van der Waals surface area contributed by atoms with E-state index in [1.807, 2.05) is 43.5 Å². The van der Waals surface area contributed by atoms with Crippen LogP contribution in [-0.4, -0.2) is 42.3 Å². The molecule has 3 rings (SSSR count). The smallest absolute Gasteiger partial charge is 0.227 e. The normalized spacial score (nSPS) is 12.5. The van der Waals surface area contributed by atoms with Crippen molar-refractivity contribution in [3.63, 3.8) is 0 Å². The summed E-state index contributed by atoms with van der Waals surface area (Å²) >= 11 is 0. The zero-order valence-electron chi connectivity index (χ0n) is 16.1. The van der Waals surface area contributed by atoms with Crippen molar-refractivity contribution in [2.24, 2.45) is 0 Å². The molecule has 2 aromatic carbocycles. The number of carbonyl (C=O) groups excluding carboxylic acids is 1. The Bertz CT molecular complexity index is 1060. The average molecular weight is 398 g/mol. The lowest BCUT2D eigenvalue weighted by atomic mass is 10.1. The highest BCUT2D eigenvalue weighted by Gasteiger charge is 2.19. The Balaban J connectivity index is 1.68. The minimum Gasteiger partial charge on any atom is -0.339 e. The van der Waals surface area contributed by atoms with Crippen LogP contribution in [-0.2, 0) is 21.1 Å². The number of sulfone groups is 1. The molecule has 0 saturated heterocycles. The van der Waals surface area contributed by atoms with Crippen molar-refractivity contribution in [3.05, 3.63) is 78.1 Å². The number of likely N-dealkylation sites (N-methyl/N-ethyl adjacent to an activating group) is 1. The predicted molar refractivity (Wildman–Crippen MR) is 108 cm³/mol. The highest BCUT2D eigenvalue weighted by molar-refractivity contribution is 7.90. The fourth-order valence-corrected chi connectivity index (χ4v) is 3.54. The molecule has 0 radical (unpaired) electrons. The van der Waals surface area contributed by atoms with Crippen LogP contribution in [0, 0.1) is 0 Å². The van der Waals surface area contributed by atoms with Crippen molar-refractivity contribution >= 4 is 15.7 Å². The van der Waals surface area contributed by atoms with Gasteiger partial charge < -0.3 is 4.90 Å². The molecule has 6 nitrogen and oxygen atoms in total. The second-order valence-electron chi connectivity index (χ2n) is 6.83. The van der Waals surface area contributed by atoms with E-state index in [0.717, 1.165) is 16.8 Å². The van der Waals surface area contributed by atoms with Gasteiger partial charge in [0.1, 0.15) is 0 Å². The van der Waals surface area contributed by atoms with Gasteiger partial charge in [-0.25, -0.2) is 13.1 Å². The first-order valence-corrected chi connectivity index (χ1v) is 10.8. The first-order valence-electron chi connectivity index (χ1n) is 8.90. The Morgan fingerprint density at radius 3 is 2.36 bits per heavy atom. The van der Waals surface area contributed by atoms with Crippen LogP contribution in [0.1, 0.15) is 24.1 Å². The standard InChI is InChI=1S/C21H23N3O3S/c1-16(18-9-11-20(12-10-18)28(3,26)27)23(2)21(25)13-17-14-22-24(15-17)19-7-5-4-6-8-19/h4-12,14-16H,13H2,1-3H3. The summed E-state index contributed by atoms with van der Waals surface area (Å²) in [6.45, 7) is 1.92. The Morgan fingerprint density at radius 1 is 1.11 bits per heavy atom. The van der Waals surface area contributed by atoms with E-state index in [4.69, 9.17) is 0 Å². The maximum atomic E-state index is 12.7. The van der Waals surface area contributed by atoms with Crippen LogP contribution in [0.25, 0.3) is 5.69 Å². The molecular weight excluding hydrogens is 374 g/mol. The van der Waals surface area contributed by atoms with Gasteiger partial charge in [-0.05, 0) is 42.3 Å². The van der Waals surface area contributed by atoms with Gasteiger partial charge >= 0.3 is 0 Å². The van der Waals surface area contributed by atoms with Crippen LogP contribution in [0.2, 0.25) is 0 Å². The molecule has 3 aromatic rings. The predicted octanol–water partition coefficient (Wildman–Crippen LogP) is 3.04. The Morgan fingerprint density at radius 2 is 1.75 bits per heavy atom. The Kier molecular flexibility index (Phi) is 5.65. The van der Waals surface area contributed by atoms with Crippen LogP contribution in [0.5, 0.6) is 0 Å². The van der Waals surface area contributed by atoms with Gasteiger partial charge in [0, 0.05) is 19.5 Å². The summed E-state index contributed by atoms with van der Waals surface area (Å²) in [5.41, 5.74) is 2.65. The average Bonchev–Trinajstić information content (AvgIpc) is 3.15. The molecule has 146 valence electrons. The summed E-state index contributed by atoms with van der Waals surface area (Å²) in [6.07, 6.45) is 4.97. The Hall–Kier alpha value is -2.93. The third-order valence-electron chi connectivity index (χ3n) is 4.78. The minimum absolute atomic E-state index is 0.0349. The SMILES string of the molecule is CC(c1ccc(S(C)(=O)=O)cc1)N(C)C(=O)Cc1cnn(-c2ccccc2)c1. The fourth-order valence-electron chi connectivity index (χ4n) is 2.91. The highest BCUT2D eigenvalue weighted by atomic mass is 32.2. The van der Waals surface area contributed by atoms with Crippen molar-refractivity contribution in [2.45, 2.75) is 24.3 Å². The van der Waals surface area contributed by atoms with Crippen molar-refractivity contribution in [3.8, 4) is 5.69 Å². The molecular formula is C21H23N3O3S. The monoisotopic (exact) mass is 397 g/mol. The fraction of sp³-hybridized carbons (Fsp3) is 0.238. The van der Waals surface area contributed by atoms with E-state index >= 15 is 0 Å². The summed E-state index contributed by atoms with van der Waals surface area (Å²) in [7, 11) is -1.48. The van der Waals surface area contributed by atoms with Gasteiger partial charge in [0.15, 0.2) is 9.84 Å². The maximum absolute atomic E-state index is 12.7. The largest absolute Gasteiger partial charge is 0.339 e. The lowest BCUT2D eigenvalue weighted by Crippen LogP contribution is -2.30. The molecule has 0 aliphatic carbocycles. The molecule has 0 aliphatic rings. The molecule has 0 bridgehead atoms. The number of benzene rings is 2. The van der Waals surface area contributed by atoms with Crippen LogP contribution < -0.4 is 0 Å². The molecule has 1 unspecified atom stereocenters. The summed E-state index contributed by atoms with van der Waals surface area (Å²) in [4.78, 5) is 14.6. The molecule has 1 atom stereocenters. The molecule has 0 aliphatic heterocycles. The first-order chi connectivity index (χ1) is 13.3. The third kappa shape index (κ3) is 4.48. The second-order valence-corrected chi connectivity index (χ2v) is 8.84. The lowest BCUT2D eigenvalue weighted by molar-refractivity contribution is -0.131. The number of rotatable bonds is 6. The van der Waals surface area contributed by atoms with Gasteiger partial charge in [0.2, 0.25) is 5.91 Å². The zero-order valence-corrected chi connectivity index (χ0v) is 16.9. The van der Waals surface area contributed by atoms with Gasteiger partial charge in [0.05, 0.1) is 29.2 Å². The number of nitrogens with zero attached hydrogens (tertiary/aromatic N) is 3. The van der Waals surface area contributed by atoms with Gasteiger partial charge in [0.25, 0.3) is 0 Å². The highest BCUT2D eigenvalue weighted by Crippen LogP contribution is 2.21. The molecule has 0 spiro atoms. The number of para-hydroxylation sites is 1. The van der Waals surface area contributed by atoms with Gasteiger partial charge in [-0.2, -0.15) is 5.10 Å². The van der Waals surface area contributed by atoms with Crippen molar-refractivity contribution < 1.29 is 13.2 Å². The summed E-state index contributed by atoms with van der Waals surface area (Å²) in [6, 6.07) is 16.2. The number of hydrogen-bond donors (Lipinski definition) is 0. The molecule has 1 heterocycles. The number of aromatic nitrogens is 2. The molecule has 7 heteroatoms. The maximum Gasteiger partial charge on any atom is 0.227 e. The summed E-state index contributed by atoms with van der Waals surface area (Å²) in [5, 5.41) is 4.32. The third-order valence-corrected chi connectivity index (χ3v) is 5.91. The molecule has 0 N–H and O–H groups in total. The quantitative estimate of drug-likeness (QED) is 0.641. The van der Waals surface area contributed by atoms with Crippen LogP contribution in [0.15, 0.2) is 71.9 Å². The molecule has 28 heavy (non-hydrogen) atoms. The van der Waals surface area contributed by atoms with E-state index in [-0.39, 0.29) is 23.3 Å². The van der Waals surface area contributed by atoms with E-state index < -0.39 is 9.84 Å². The van der Waals surface area contributed by atoms with E-state index in [1.54, 1.807) is 47.1 Å². The van der Waals surface area contributed by atoms with E-state index in [9.17, 15) is 13.2 Å². The number of hydrogen-bond acceptors (Lipinski definition) is 4. The first kappa shape index (κ1) is 19.8. The van der Waals surface area contributed by atoms with E-state index in [0.29, 0.717) is 0 Å². The Labute approximate surface area is 165 Å². The van der Waals surface area contributed by atoms with E-state index in [1.165, 1.54) is 6.26 Å². The van der Waals surface area contributed by atoms with Crippen LogP contribution in [0.4, 0.5) is 0 Å². The molecule has 0 saturated carbocycles. The zero-order chi connectivity index (χ0) is 20.3. The van der Waals surface area contributed by atoms with Crippen LogP contribution >= 0.6 is 0 Å². The lowest BCUT2D eigenvalue weighted by Gasteiger charge is -2.25. The summed E-state index contributed by atoms with van der Waals surface area (Å²) in [5.74, 6) is -0.0349. The van der Waals surface area contributed by atoms with Gasteiger partial charge in [-0.3, -0.25) is 4.79 Å². The number of carbonyl (C=O) groups is 1. The van der Waals surface area contributed by atoms with Crippen LogP contribution in [0.3, 0.4) is 0 Å².